The van der Waals surface area contributed by atoms with Crippen LogP contribution in [0, 0.1) is 12.7 Å². The second-order valence-corrected chi connectivity index (χ2v) is 5.54. The van der Waals surface area contributed by atoms with Crippen molar-refractivity contribution in [3.05, 3.63) is 70.5 Å². The molecule has 0 aliphatic heterocycles. The van der Waals surface area contributed by atoms with Crippen molar-refractivity contribution in [3.8, 4) is 0 Å². The van der Waals surface area contributed by atoms with E-state index in [1.165, 1.54) is 11.1 Å². The van der Waals surface area contributed by atoms with Crippen molar-refractivity contribution in [1.82, 2.24) is 5.32 Å². The van der Waals surface area contributed by atoms with E-state index in [0.29, 0.717) is 0 Å². The van der Waals surface area contributed by atoms with Crippen molar-refractivity contribution in [1.29, 1.82) is 0 Å². The normalized spacial score (nSPS) is 12.4. The van der Waals surface area contributed by atoms with E-state index in [1.54, 1.807) is 12.1 Å². The van der Waals surface area contributed by atoms with E-state index >= 15 is 0 Å². The fourth-order valence-electron chi connectivity index (χ4n) is 2.73. The highest BCUT2D eigenvalue weighted by molar-refractivity contribution is 5.35. The summed E-state index contributed by atoms with van der Waals surface area (Å²) in [5.74, 6) is -0.171. The number of hydrogen-bond donors (Lipinski definition) is 1. The third-order valence-electron chi connectivity index (χ3n) is 3.66. The van der Waals surface area contributed by atoms with Gasteiger partial charge in [0.25, 0.3) is 0 Å². The highest BCUT2D eigenvalue weighted by Gasteiger charge is 2.14. The first-order valence-corrected chi connectivity index (χ1v) is 7.73. The average Bonchev–Trinajstić information content (AvgIpc) is 2.45. The first kappa shape index (κ1) is 15.7. The maximum atomic E-state index is 13.7. The van der Waals surface area contributed by atoms with Gasteiger partial charge in [-0.25, -0.2) is 4.39 Å². The van der Waals surface area contributed by atoms with Crippen molar-refractivity contribution in [3.63, 3.8) is 0 Å². The minimum atomic E-state index is -0.171. The van der Waals surface area contributed by atoms with Crippen LogP contribution in [0.4, 0.5) is 4.39 Å². The lowest BCUT2D eigenvalue weighted by Gasteiger charge is -2.20. The van der Waals surface area contributed by atoms with Crippen molar-refractivity contribution < 1.29 is 4.39 Å². The SMILES string of the molecule is CCCc1ccc(C(NCC)c2cc(C)cc(F)c2)cc1. The Morgan fingerprint density at radius 2 is 1.71 bits per heavy atom. The number of benzene rings is 2. The Labute approximate surface area is 127 Å². The van der Waals surface area contributed by atoms with Gasteiger partial charge in [-0.05, 0) is 54.3 Å². The Bertz CT molecular complexity index is 554. The van der Waals surface area contributed by atoms with Gasteiger partial charge >= 0.3 is 0 Å². The zero-order chi connectivity index (χ0) is 15.2. The molecular formula is C19H24FN. The third kappa shape index (κ3) is 4.15. The summed E-state index contributed by atoms with van der Waals surface area (Å²) in [5, 5.41) is 3.45. The molecule has 0 amide bonds. The largest absolute Gasteiger partial charge is 0.307 e. The molecule has 21 heavy (non-hydrogen) atoms. The van der Waals surface area contributed by atoms with Gasteiger partial charge in [0, 0.05) is 0 Å². The van der Waals surface area contributed by atoms with Crippen molar-refractivity contribution in [2.75, 3.05) is 6.54 Å². The van der Waals surface area contributed by atoms with Gasteiger partial charge in [0.05, 0.1) is 6.04 Å². The Morgan fingerprint density at radius 3 is 2.29 bits per heavy atom. The van der Waals surface area contributed by atoms with Crippen LogP contribution in [0.5, 0.6) is 0 Å². The fourth-order valence-corrected chi connectivity index (χ4v) is 2.73. The van der Waals surface area contributed by atoms with E-state index in [4.69, 9.17) is 0 Å². The Balaban J connectivity index is 2.33. The zero-order valence-electron chi connectivity index (χ0n) is 13.1. The molecule has 2 aromatic carbocycles. The molecule has 2 heteroatoms. The van der Waals surface area contributed by atoms with Crippen molar-refractivity contribution >= 4 is 0 Å². The van der Waals surface area contributed by atoms with Gasteiger partial charge in [0.15, 0.2) is 0 Å². The molecule has 0 aliphatic rings. The summed E-state index contributed by atoms with van der Waals surface area (Å²) in [6.07, 6.45) is 2.25. The number of nitrogens with one attached hydrogen (secondary N) is 1. The highest BCUT2D eigenvalue weighted by atomic mass is 19.1. The van der Waals surface area contributed by atoms with Crippen LogP contribution in [0.1, 0.15) is 48.6 Å². The topological polar surface area (TPSA) is 12.0 Å². The number of rotatable bonds is 6. The molecule has 1 N–H and O–H groups in total. The average molecular weight is 285 g/mol. The van der Waals surface area contributed by atoms with Crippen LogP contribution in [0.2, 0.25) is 0 Å². The summed E-state index contributed by atoms with van der Waals surface area (Å²) >= 11 is 0. The van der Waals surface area contributed by atoms with Crippen LogP contribution in [-0.4, -0.2) is 6.54 Å². The second-order valence-electron chi connectivity index (χ2n) is 5.54. The van der Waals surface area contributed by atoms with Crippen LogP contribution < -0.4 is 5.32 Å². The van der Waals surface area contributed by atoms with Crippen LogP contribution in [0.25, 0.3) is 0 Å². The molecule has 0 saturated carbocycles. The summed E-state index contributed by atoms with van der Waals surface area (Å²) in [6.45, 7) is 7.03. The van der Waals surface area contributed by atoms with Gasteiger partial charge in [0.1, 0.15) is 5.82 Å². The molecule has 0 heterocycles. The third-order valence-corrected chi connectivity index (χ3v) is 3.66. The smallest absolute Gasteiger partial charge is 0.123 e. The molecule has 0 aliphatic carbocycles. The number of halogens is 1. The van der Waals surface area contributed by atoms with Gasteiger partial charge in [0.2, 0.25) is 0 Å². The van der Waals surface area contributed by atoms with Crippen LogP contribution in [-0.2, 0) is 6.42 Å². The summed E-state index contributed by atoms with van der Waals surface area (Å²) in [5.41, 5.74) is 4.47. The molecule has 0 spiro atoms. The summed E-state index contributed by atoms with van der Waals surface area (Å²) in [6, 6.07) is 13.9. The number of aryl methyl sites for hydroxylation is 2. The van der Waals surface area contributed by atoms with E-state index in [0.717, 1.165) is 30.5 Å². The van der Waals surface area contributed by atoms with Crippen molar-refractivity contribution in [2.45, 2.75) is 39.7 Å². The lowest BCUT2D eigenvalue weighted by Crippen LogP contribution is -2.22. The summed E-state index contributed by atoms with van der Waals surface area (Å²) < 4.78 is 13.7. The fraction of sp³-hybridized carbons (Fsp3) is 0.368. The molecule has 0 fully saturated rings. The van der Waals surface area contributed by atoms with Crippen LogP contribution in [0.3, 0.4) is 0 Å². The maximum absolute atomic E-state index is 13.7. The standard InChI is InChI=1S/C19H24FN/c1-4-6-15-7-9-16(10-8-15)19(21-5-2)17-11-14(3)12-18(20)13-17/h7-13,19,21H,4-6H2,1-3H3. The molecule has 1 nitrogen and oxygen atoms in total. The molecular weight excluding hydrogens is 261 g/mol. The van der Waals surface area contributed by atoms with Crippen molar-refractivity contribution in [2.24, 2.45) is 0 Å². The molecule has 0 bridgehead atoms. The molecule has 2 aromatic rings. The van der Waals surface area contributed by atoms with Crippen LogP contribution in [0.15, 0.2) is 42.5 Å². The second kappa shape index (κ2) is 7.37. The predicted octanol–water partition coefficient (Wildman–Crippen LogP) is 4.79. The molecule has 0 saturated heterocycles. The zero-order valence-corrected chi connectivity index (χ0v) is 13.1. The molecule has 2 rings (SSSR count). The molecule has 1 atom stereocenters. The minimum Gasteiger partial charge on any atom is -0.307 e. The van der Waals surface area contributed by atoms with E-state index in [-0.39, 0.29) is 11.9 Å². The maximum Gasteiger partial charge on any atom is 0.123 e. The lowest BCUT2D eigenvalue weighted by atomic mass is 9.95. The van der Waals surface area contributed by atoms with Gasteiger partial charge < -0.3 is 5.32 Å². The highest BCUT2D eigenvalue weighted by Crippen LogP contribution is 2.24. The van der Waals surface area contributed by atoms with Gasteiger partial charge in [-0.3, -0.25) is 0 Å². The van der Waals surface area contributed by atoms with Gasteiger partial charge in [-0.2, -0.15) is 0 Å². The Morgan fingerprint density at radius 1 is 1.00 bits per heavy atom. The van der Waals surface area contributed by atoms with Crippen LogP contribution >= 0.6 is 0 Å². The van der Waals surface area contributed by atoms with E-state index < -0.39 is 0 Å². The molecule has 0 radical (unpaired) electrons. The summed E-state index contributed by atoms with van der Waals surface area (Å²) in [4.78, 5) is 0. The number of hydrogen-bond acceptors (Lipinski definition) is 1. The lowest BCUT2D eigenvalue weighted by molar-refractivity contribution is 0.601. The quantitative estimate of drug-likeness (QED) is 0.805. The first-order valence-electron chi connectivity index (χ1n) is 7.73. The Hall–Kier alpha value is -1.67. The summed E-state index contributed by atoms with van der Waals surface area (Å²) in [7, 11) is 0. The van der Waals surface area contributed by atoms with Gasteiger partial charge in [-0.15, -0.1) is 0 Å². The van der Waals surface area contributed by atoms with E-state index in [1.807, 2.05) is 6.92 Å². The van der Waals surface area contributed by atoms with E-state index in [9.17, 15) is 4.39 Å². The molecule has 112 valence electrons. The Kier molecular flexibility index (Phi) is 5.51. The van der Waals surface area contributed by atoms with Gasteiger partial charge in [-0.1, -0.05) is 50.6 Å². The predicted molar refractivity (Wildman–Crippen MR) is 87.1 cm³/mol. The first-order chi connectivity index (χ1) is 10.1. The molecule has 0 aromatic heterocycles. The van der Waals surface area contributed by atoms with E-state index in [2.05, 4.69) is 49.5 Å². The molecule has 1 unspecified atom stereocenters. The monoisotopic (exact) mass is 285 g/mol. The minimum absolute atomic E-state index is 0.0417.